The number of alkyl halides is 1. The van der Waals surface area contributed by atoms with Gasteiger partial charge in [-0.1, -0.05) is 22.0 Å². The molecule has 88 valence electrons. The van der Waals surface area contributed by atoms with Gasteiger partial charge in [-0.2, -0.15) is 11.8 Å². The number of hydrogen-bond acceptors (Lipinski definition) is 4. The molecule has 1 rings (SSSR count). The van der Waals surface area contributed by atoms with Crippen LogP contribution in [0.15, 0.2) is 18.2 Å². The average Bonchev–Trinajstić information content (AvgIpc) is 2.29. The summed E-state index contributed by atoms with van der Waals surface area (Å²) < 4.78 is 5.36. The molecule has 0 amide bonds. The second kappa shape index (κ2) is 6.75. The van der Waals surface area contributed by atoms with Gasteiger partial charge in [0.25, 0.3) is 0 Å². The number of rotatable bonds is 6. The van der Waals surface area contributed by atoms with Gasteiger partial charge in [0, 0.05) is 17.1 Å². The van der Waals surface area contributed by atoms with E-state index < -0.39 is 4.92 Å². The summed E-state index contributed by atoms with van der Waals surface area (Å²) in [6.45, 7) is 0.482. The number of nitro groups is 1. The molecule has 0 radical (unpaired) electrons. The van der Waals surface area contributed by atoms with Crippen LogP contribution in [0.1, 0.15) is 5.56 Å². The molecular weight excluding hydrogens is 294 g/mol. The highest BCUT2D eigenvalue weighted by atomic mass is 79.9. The van der Waals surface area contributed by atoms with Gasteiger partial charge in [-0.15, -0.1) is 0 Å². The van der Waals surface area contributed by atoms with Crippen molar-refractivity contribution in [3.8, 4) is 5.75 Å². The van der Waals surface area contributed by atoms with Crippen LogP contribution in [0.4, 0.5) is 5.69 Å². The van der Waals surface area contributed by atoms with Crippen molar-refractivity contribution in [2.24, 2.45) is 0 Å². The zero-order chi connectivity index (χ0) is 12.0. The zero-order valence-electron chi connectivity index (χ0n) is 8.81. The minimum Gasteiger partial charge on any atom is -0.486 e. The Bertz CT molecular complexity index is 373. The smallest absolute Gasteiger partial charge is 0.311 e. The van der Waals surface area contributed by atoms with Crippen LogP contribution in [0, 0.1) is 10.1 Å². The normalized spacial score (nSPS) is 10.1. The summed E-state index contributed by atoms with van der Waals surface area (Å²) in [4.78, 5) is 10.4. The lowest BCUT2D eigenvalue weighted by molar-refractivity contribution is -0.385. The Morgan fingerprint density at radius 1 is 1.56 bits per heavy atom. The predicted molar refractivity (Wildman–Crippen MR) is 69.6 cm³/mol. The quantitative estimate of drug-likeness (QED) is 0.350. The third kappa shape index (κ3) is 3.68. The lowest BCUT2D eigenvalue weighted by atomic mass is 10.2. The Labute approximate surface area is 107 Å². The van der Waals surface area contributed by atoms with E-state index in [1.165, 1.54) is 6.07 Å². The van der Waals surface area contributed by atoms with Gasteiger partial charge in [-0.3, -0.25) is 10.1 Å². The second-order valence-electron chi connectivity index (χ2n) is 3.03. The molecule has 0 bridgehead atoms. The van der Waals surface area contributed by atoms with Gasteiger partial charge >= 0.3 is 5.69 Å². The number of nitrogens with zero attached hydrogens (tertiary/aromatic N) is 1. The fourth-order valence-electron chi connectivity index (χ4n) is 1.15. The summed E-state index contributed by atoms with van der Waals surface area (Å²) in [5, 5.41) is 11.4. The molecule has 1 aromatic rings. The monoisotopic (exact) mass is 305 g/mol. The highest BCUT2D eigenvalue weighted by Gasteiger charge is 2.15. The first-order chi connectivity index (χ1) is 7.69. The van der Waals surface area contributed by atoms with Gasteiger partial charge in [0.1, 0.15) is 0 Å². The Morgan fingerprint density at radius 2 is 2.31 bits per heavy atom. The first-order valence-corrected chi connectivity index (χ1v) is 7.15. The third-order valence-electron chi connectivity index (χ3n) is 1.92. The first-order valence-electron chi connectivity index (χ1n) is 4.64. The van der Waals surface area contributed by atoms with Crippen molar-refractivity contribution in [2.75, 3.05) is 18.6 Å². The number of halogens is 1. The fraction of sp³-hybridized carbons (Fsp3) is 0.400. The number of benzene rings is 1. The fourth-order valence-corrected chi connectivity index (χ4v) is 1.74. The van der Waals surface area contributed by atoms with E-state index in [0.29, 0.717) is 17.7 Å². The Hall–Kier alpha value is -0.750. The molecule has 0 saturated carbocycles. The third-order valence-corrected chi connectivity index (χ3v) is 3.14. The van der Waals surface area contributed by atoms with Crippen LogP contribution < -0.4 is 4.74 Å². The minimum atomic E-state index is -0.416. The Balaban J connectivity index is 2.85. The van der Waals surface area contributed by atoms with Crippen molar-refractivity contribution in [3.05, 3.63) is 33.9 Å². The van der Waals surface area contributed by atoms with Gasteiger partial charge in [0.05, 0.1) is 11.5 Å². The highest BCUT2D eigenvalue weighted by molar-refractivity contribution is 9.08. The molecule has 6 heteroatoms. The van der Waals surface area contributed by atoms with Gasteiger partial charge in [0.15, 0.2) is 5.75 Å². The van der Waals surface area contributed by atoms with E-state index in [2.05, 4.69) is 15.9 Å². The average molecular weight is 306 g/mol. The SMILES string of the molecule is CSCCOc1ccc(CBr)cc1[N+](=O)[O-]. The Morgan fingerprint density at radius 3 is 2.88 bits per heavy atom. The first kappa shape index (κ1) is 13.3. The lowest BCUT2D eigenvalue weighted by Crippen LogP contribution is -2.02. The molecule has 0 fully saturated rings. The maximum Gasteiger partial charge on any atom is 0.311 e. The van der Waals surface area contributed by atoms with E-state index in [0.717, 1.165) is 11.3 Å². The van der Waals surface area contributed by atoms with Crippen LogP contribution in [0.25, 0.3) is 0 Å². The molecular formula is C10H12BrNO3S. The number of nitro benzene ring substituents is 1. The summed E-state index contributed by atoms with van der Waals surface area (Å²) in [5.41, 5.74) is 0.891. The van der Waals surface area contributed by atoms with Crippen molar-refractivity contribution < 1.29 is 9.66 Å². The molecule has 4 nitrogen and oxygen atoms in total. The van der Waals surface area contributed by atoms with Gasteiger partial charge in [-0.05, 0) is 17.9 Å². The highest BCUT2D eigenvalue weighted by Crippen LogP contribution is 2.28. The molecule has 0 spiro atoms. The van der Waals surface area contributed by atoms with Crippen molar-refractivity contribution in [1.29, 1.82) is 0 Å². The summed E-state index contributed by atoms with van der Waals surface area (Å²) in [6.07, 6.45) is 1.96. The van der Waals surface area contributed by atoms with Gasteiger partial charge in [0.2, 0.25) is 0 Å². The van der Waals surface area contributed by atoms with Crippen LogP contribution in [-0.2, 0) is 5.33 Å². The summed E-state index contributed by atoms with van der Waals surface area (Å²) in [6, 6.07) is 4.99. The molecule has 0 unspecified atom stereocenters. The van der Waals surface area contributed by atoms with Crippen LogP contribution in [-0.4, -0.2) is 23.5 Å². The maximum absolute atomic E-state index is 10.8. The molecule has 0 atom stereocenters. The minimum absolute atomic E-state index is 0.0260. The van der Waals surface area contributed by atoms with Crippen LogP contribution >= 0.6 is 27.7 Å². The summed E-state index contributed by atoms with van der Waals surface area (Å²) >= 11 is 4.90. The van der Waals surface area contributed by atoms with Crippen molar-refractivity contribution in [1.82, 2.24) is 0 Å². The van der Waals surface area contributed by atoms with Crippen LogP contribution in [0.2, 0.25) is 0 Å². The summed E-state index contributed by atoms with van der Waals surface area (Å²) in [7, 11) is 0. The van der Waals surface area contributed by atoms with E-state index >= 15 is 0 Å². The molecule has 1 aromatic carbocycles. The van der Waals surface area contributed by atoms with E-state index in [4.69, 9.17) is 4.74 Å². The van der Waals surface area contributed by atoms with E-state index in [9.17, 15) is 10.1 Å². The second-order valence-corrected chi connectivity index (χ2v) is 4.58. The maximum atomic E-state index is 10.8. The van der Waals surface area contributed by atoms with E-state index in [-0.39, 0.29) is 5.69 Å². The molecule has 0 N–H and O–H groups in total. The van der Waals surface area contributed by atoms with Crippen LogP contribution in [0.5, 0.6) is 5.75 Å². The molecule has 16 heavy (non-hydrogen) atoms. The topological polar surface area (TPSA) is 52.4 Å². The van der Waals surface area contributed by atoms with Gasteiger partial charge < -0.3 is 4.74 Å². The molecule has 0 saturated heterocycles. The number of ether oxygens (including phenoxy) is 1. The molecule has 0 aliphatic carbocycles. The Kier molecular flexibility index (Phi) is 5.62. The zero-order valence-corrected chi connectivity index (χ0v) is 11.2. The standard InChI is InChI=1S/C10H12BrNO3S/c1-16-5-4-15-10-3-2-8(7-11)6-9(10)12(13)14/h2-3,6H,4-5,7H2,1H3. The predicted octanol–water partition coefficient (Wildman–Crippen LogP) is 3.23. The van der Waals surface area contributed by atoms with Gasteiger partial charge in [-0.25, -0.2) is 0 Å². The molecule has 0 heterocycles. The molecule has 0 aliphatic heterocycles. The lowest BCUT2D eigenvalue weighted by Gasteiger charge is -2.06. The molecule has 0 aromatic heterocycles. The van der Waals surface area contributed by atoms with Crippen molar-refractivity contribution >= 4 is 33.4 Å². The van der Waals surface area contributed by atoms with E-state index in [1.807, 2.05) is 12.3 Å². The summed E-state index contributed by atoms with van der Waals surface area (Å²) in [5.74, 6) is 1.15. The molecule has 0 aliphatic rings. The van der Waals surface area contributed by atoms with Crippen molar-refractivity contribution in [2.45, 2.75) is 5.33 Å². The van der Waals surface area contributed by atoms with E-state index in [1.54, 1.807) is 17.8 Å². The largest absolute Gasteiger partial charge is 0.486 e. The number of thioether (sulfide) groups is 1. The van der Waals surface area contributed by atoms with Crippen molar-refractivity contribution in [3.63, 3.8) is 0 Å². The van der Waals surface area contributed by atoms with Crippen LogP contribution in [0.3, 0.4) is 0 Å². The number of hydrogen-bond donors (Lipinski definition) is 0.